The molecule has 0 amide bonds. The molecule has 2 aliphatic heterocycles. The largest absolute Gasteiger partial charge is 0.369 e. The Kier molecular flexibility index (Phi) is 1.26. The average molecular weight is 182 g/mol. The fourth-order valence-electron chi connectivity index (χ4n) is 2.93. The molecule has 2 heterocycles. The monoisotopic (exact) mass is 182 g/mol. The van der Waals surface area contributed by atoms with E-state index in [1.165, 1.54) is 25.7 Å². The Morgan fingerprint density at radius 1 is 0.769 bits per heavy atom. The second-order valence-corrected chi connectivity index (χ2v) is 4.65. The molecule has 0 aromatic rings. The Bertz CT molecular complexity index is 218. The third kappa shape index (κ3) is 1.01. The van der Waals surface area contributed by atoms with Crippen LogP contribution in [0.5, 0.6) is 0 Å². The lowest BCUT2D eigenvalue weighted by Gasteiger charge is -2.18. The van der Waals surface area contributed by atoms with Crippen LogP contribution in [0.25, 0.3) is 0 Å². The highest BCUT2D eigenvalue weighted by Gasteiger charge is 2.56. The molecule has 3 heteroatoms. The maximum atomic E-state index is 6.03. The highest BCUT2D eigenvalue weighted by atomic mass is 16.7. The SMILES string of the molecule is C1C[C@@H](O[C@@H]2CC[C@H]3O[C@H]32)[C@H]2O[C@@H]12. The van der Waals surface area contributed by atoms with Crippen LogP contribution in [0.3, 0.4) is 0 Å². The molecule has 2 aliphatic carbocycles. The van der Waals surface area contributed by atoms with Gasteiger partial charge in [0.05, 0.1) is 24.4 Å². The molecule has 0 N–H and O–H groups in total. The fraction of sp³-hybridized carbons (Fsp3) is 1.00. The van der Waals surface area contributed by atoms with Crippen LogP contribution in [0.2, 0.25) is 0 Å². The van der Waals surface area contributed by atoms with Crippen LogP contribution >= 0.6 is 0 Å². The Labute approximate surface area is 77.3 Å². The first-order valence-corrected chi connectivity index (χ1v) is 5.38. The first kappa shape index (κ1) is 7.21. The second kappa shape index (κ2) is 2.27. The van der Waals surface area contributed by atoms with E-state index in [1.807, 2.05) is 0 Å². The van der Waals surface area contributed by atoms with Crippen molar-refractivity contribution in [1.29, 1.82) is 0 Å². The van der Waals surface area contributed by atoms with Crippen LogP contribution in [0.4, 0.5) is 0 Å². The average Bonchev–Trinajstić information content (AvgIpc) is 3.03. The third-order valence-electron chi connectivity index (χ3n) is 3.80. The number of fused-ring (bicyclic) bond motifs is 2. The summed E-state index contributed by atoms with van der Waals surface area (Å²) < 4.78 is 16.9. The summed E-state index contributed by atoms with van der Waals surface area (Å²) in [7, 11) is 0. The predicted molar refractivity (Wildman–Crippen MR) is 44.5 cm³/mol. The summed E-state index contributed by atoms with van der Waals surface area (Å²) in [5.74, 6) is 0. The summed E-state index contributed by atoms with van der Waals surface area (Å²) in [6.07, 6.45) is 7.55. The van der Waals surface area contributed by atoms with Gasteiger partial charge in [-0.05, 0) is 25.7 Å². The molecule has 3 nitrogen and oxygen atoms in total. The summed E-state index contributed by atoms with van der Waals surface area (Å²) in [6, 6.07) is 0. The smallest absolute Gasteiger partial charge is 0.110 e. The molecular weight excluding hydrogens is 168 g/mol. The van der Waals surface area contributed by atoms with Crippen LogP contribution in [-0.2, 0) is 14.2 Å². The normalized spacial score (nSPS) is 61.8. The van der Waals surface area contributed by atoms with Gasteiger partial charge in [0.1, 0.15) is 12.2 Å². The highest BCUT2D eigenvalue weighted by Crippen LogP contribution is 2.45. The van der Waals surface area contributed by atoms with Gasteiger partial charge in [-0.3, -0.25) is 0 Å². The fourth-order valence-corrected chi connectivity index (χ4v) is 2.93. The standard InChI is InChI=1S/C10H14O3/c1-3-7-9(12-7)5(1)11-6-2-4-8-10(6)13-8/h5-10H,1-4H2/t5-,6-,7-,8+,9+,10-/m1/s1. The second-order valence-electron chi connectivity index (χ2n) is 4.65. The first-order valence-electron chi connectivity index (χ1n) is 5.38. The van der Waals surface area contributed by atoms with Gasteiger partial charge in [0.2, 0.25) is 0 Å². The van der Waals surface area contributed by atoms with Crippen molar-refractivity contribution in [2.45, 2.75) is 62.3 Å². The minimum Gasteiger partial charge on any atom is -0.369 e. The van der Waals surface area contributed by atoms with Gasteiger partial charge < -0.3 is 14.2 Å². The molecule has 0 spiro atoms. The molecule has 2 saturated carbocycles. The van der Waals surface area contributed by atoms with Gasteiger partial charge in [0.25, 0.3) is 0 Å². The van der Waals surface area contributed by atoms with Crippen LogP contribution in [0.1, 0.15) is 25.7 Å². The van der Waals surface area contributed by atoms with E-state index in [0.717, 1.165) is 0 Å². The summed E-state index contributed by atoms with van der Waals surface area (Å²) in [5, 5.41) is 0. The third-order valence-corrected chi connectivity index (χ3v) is 3.80. The molecule has 0 bridgehead atoms. The van der Waals surface area contributed by atoms with Gasteiger partial charge in [0.15, 0.2) is 0 Å². The molecule has 0 unspecified atom stereocenters. The molecule has 4 fully saturated rings. The van der Waals surface area contributed by atoms with Gasteiger partial charge in [-0.25, -0.2) is 0 Å². The lowest BCUT2D eigenvalue weighted by atomic mass is 10.2. The number of ether oxygens (including phenoxy) is 3. The minimum absolute atomic E-state index is 0.387. The number of hydrogen-bond donors (Lipinski definition) is 0. The lowest BCUT2D eigenvalue weighted by molar-refractivity contribution is -0.0432. The van der Waals surface area contributed by atoms with Crippen molar-refractivity contribution in [2.75, 3.05) is 0 Å². The van der Waals surface area contributed by atoms with Crippen molar-refractivity contribution in [3.8, 4) is 0 Å². The van der Waals surface area contributed by atoms with Crippen molar-refractivity contribution < 1.29 is 14.2 Å². The Balaban J connectivity index is 1.41. The van der Waals surface area contributed by atoms with E-state index in [0.29, 0.717) is 36.6 Å². The van der Waals surface area contributed by atoms with Gasteiger partial charge in [-0.1, -0.05) is 0 Å². The predicted octanol–water partition coefficient (Wildman–Crippen LogP) is 0.863. The van der Waals surface area contributed by atoms with E-state index in [4.69, 9.17) is 14.2 Å². The topological polar surface area (TPSA) is 34.3 Å². The minimum atomic E-state index is 0.387. The van der Waals surface area contributed by atoms with Gasteiger partial charge in [0, 0.05) is 0 Å². The van der Waals surface area contributed by atoms with Crippen LogP contribution < -0.4 is 0 Å². The molecule has 2 saturated heterocycles. The molecular formula is C10H14O3. The zero-order chi connectivity index (χ0) is 8.41. The Hall–Kier alpha value is -0.120. The van der Waals surface area contributed by atoms with E-state index < -0.39 is 0 Å². The molecule has 0 radical (unpaired) electrons. The zero-order valence-electron chi connectivity index (χ0n) is 7.52. The van der Waals surface area contributed by atoms with Crippen LogP contribution in [0, 0.1) is 0 Å². The van der Waals surface area contributed by atoms with Gasteiger partial charge >= 0.3 is 0 Å². The number of hydrogen-bond acceptors (Lipinski definition) is 3. The molecule has 4 rings (SSSR count). The van der Waals surface area contributed by atoms with Crippen molar-refractivity contribution in [3.05, 3.63) is 0 Å². The van der Waals surface area contributed by atoms with E-state index in [9.17, 15) is 0 Å². The molecule has 72 valence electrons. The number of epoxide rings is 2. The van der Waals surface area contributed by atoms with Gasteiger partial charge in [-0.2, -0.15) is 0 Å². The first-order chi connectivity index (χ1) is 6.42. The maximum Gasteiger partial charge on any atom is 0.110 e. The zero-order valence-corrected chi connectivity index (χ0v) is 7.52. The van der Waals surface area contributed by atoms with Crippen molar-refractivity contribution in [3.63, 3.8) is 0 Å². The Morgan fingerprint density at radius 3 is 1.62 bits per heavy atom. The summed E-state index contributed by atoms with van der Waals surface area (Å²) >= 11 is 0. The lowest BCUT2D eigenvalue weighted by Crippen LogP contribution is -2.26. The van der Waals surface area contributed by atoms with Crippen molar-refractivity contribution in [1.82, 2.24) is 0 Å². The van der Waals surface area contributed by atoms with Crippen LogP contribution in [-0.4, -0.2) is 36.6 Å². The summed E-state index contributed by atoms with van der Waals surface area (Å²) in [6.45, 7) is 0. The summed E-state index contributed by atoms with van der Waals surface area (Å²) in [5.41, 5.74) is 0. The number of rotatable bonds is 2. The molecule has 6 atom stereocenters. The molecule has 0 aromatic heterocycles. The maximum absolute atomic E-state index is 6.03. The van der Waals surface area contributed by atoms with E-state index in [-0.39, 0.29) is 0 Å². The van der Waals surface area contributed by atoms with Crippen molar-refractivity contribution in [2.24, 2.45) is 0 Å². The molecule has 0 aromatic carbocycles. The van der Waals surface area contributed by atoms with Crippen LogP contribution in [0.15, 0.2) is 0 Å². The van der Waals surface area contributed by atoms with Crippen molar-refractivity contribution >= 4 is 0 Å². The Morgan fingerprint density at radius 2 is 1.31 bits per heavy atom. The molecule has 13 heavy (non-hydrogen) atoms. The summed E-state index contributed by atoms with van der Waals surface area (Å²) in [4.78, 5) is 0. The van der Waals surface area contributed by atoms with E-state index >= 15 is 0 Å². The molecule has 4 aliphatic rings. The highest BCUT2D eigenvalue weighted by molar-refractivity contribution is 5.03. The quantitative estimate of drug-likeness (QED) is 0.594. The van der Waals surface area contributed by atoms with E-state index in [2.05, 4.69) is 0 Å². The van der Waals surface area contributed by atoms with E-state index in [1.54, 1.807) is 0 Å². The van der Waals surface area contributed by atoms with Gasteiger partial charge in [-0.15, -0.1) is 0 Å².